The molecule has 0 unspecified atom stereocenters. The molecule has 0 atom stereocenters. The number of hydrogen-bond acceptors (Lipinski definition) is 3. The molecule has 0 spiro atoms. The summed E-state index contributed by atoms with van der Waals surface area (Å²) in [5, 5.41) is 3.24. The molecule has 2 rings (SSSR count). The van der Waals surface area contributed by atoms with Gasteiger partial charge >= 0.3 is 0 Å². The summed E-state index contributed by atoms with van der Waals surface area (Å²) in [5.41, 5.74) is 2.56. The van der Waals surface area contributed by atoms with Gasteiger partial charge < -0.3 is 10.2 Å². The number of aryl methyl sites for hydroxylation is 1. The average Bonchev–Trinajstić information content (AvgIpc) is 3.22. The van der Waals surface area contributed by atoms with E-state index in [1.807, 2.05) is 7.05 Å². The van der Waals surface area contributed by atoms with Crippen molar-refractivity contribution >= 4 is 5.82 Å². The lowest BCUT2D eigenvalue weighted by Crippen LogP contribution is -2.28. The van der Waals surface area contributed by atoms with Crippen LogP contribution in [0.15, 0.2) is 12.1 Å². The number of nitrogens with one attached hydrogen (secondary N) is 1. The Labute approximate surface area is 117 Å². The SMILES string of the molecule is CCCN(CC1CC1)c1cc(CNC)cc(CC)n1. The first-order valence-corrected chi connectivity index (χ1v) is 7.66. The second kappa shape index (κ2) is 6.90. The summed E-state index contributed by atoms with van der Waals surface area (Å²) in [7, 11) is 2.00. The van der Waals surface area contributed by atoms with Crippen molar-refractivity contribution in [1.29, 1.82) is 0 Å². The van der Waals surface area contributed by atoms with Crippen LogP contribution in [0.2, 0.25) is 0 Å². The second-order valence-electron chi connectivity index (χ2n) is 5.60. The molecule has 19 heavy (non-hydrogen) atoms. The van der Waals surface area contributed by atoms with Gasteiger partial charge in [0, 0.05) is 25.3 Å². The third kappa shape index (κ3) is 4.20. The highest BCUT2D eigenvalue weighted by molar-refractivity contribution is 5.43. The van der Waals surface area contributed by atoms with Crippen LogP contribution >= 0.6 is 0 Å². The summed E-state index contributed by atoms with van der Waals surface area (Å²) in [6, 6.07) is 4.48. The Morgan fingerprint density at radius 3 is 2.68 bits per heavy atom. The van der Waals surface area contributed by atoms with Crippen LogP contribution < -0.4 is 10.2 Å². The van der Waals surface area contributed by atoms with E-state index >= 15 is 0 Å². The summed E-state index contributed by atoms with van der Waals surface area (Å²) >= 11 is 0. The lowest BCUT2D eigenvalue weighted by molar-refractivity contribution is 0.695. The predicted molar refractivity (Wildman–Crippen MR) is 81.6 cm³/mol. The molecule has 1 heterocycles. The van der Waals surface area contributed by atoms with E-state index in [-0.39, 0.29) is 0 Å². The highest BCUT2D eigenvalue weighted by Crippen LogP contribution is 2.31. The quantitative estimate of drug-likeness (QED) is 0.780. The summed E-state index contributed by atoms with van der Waals surface area (Å²) in [6.45, 7) is 7.66. The zero-order valence-electron chi connectivity index (χ0n) is 12.6. The van der Waals surface area contributed by atoms with Crippen LogP contribution in [0.5, 0.6) is 0 Å². The molecule has 0 radical (unpaired) electrons. The minimum absolute atomic E-state index is 0.909. The zero-order chi connectivity index (χ0) is 13.7. The van der Waals surface area contributed by atoms with E-state index in [4.69, 9.17) is 4.98 Å². The van der Waals surface area contributed by atoms with Gasteiger partial charge in [0.1, 0.15) is 5.82 Å². The van der Waals surface area contributed by atoms with Gasteiger partial charge in [0.15, 0.2) is 0 Å². The van der Waals surface area contributed by atoms with Gasteiger partial charge in [0.25, 0.3) is 0 Å². The summed E-state index contributed by atoms with van der Waals surface area (Å²) in [5.74, 6) is 2.09. The van der Waals surface area contributed by atoms with Crippen LogP contribution in [0.3, 0.4) is 0 Å². The number of rotatable bonds is 8. The molecule has 106 valence electrons. The van der Waals surface area contributed by atoms with Crippen molar-refractivity contribution in [2.24, 2.45) is 5.92 Å². The molecular weight excluding hydrogens is 234 g/mol. The van der Waals surface area contributed by atoms with Gasteiger partial charge in [-0.1, -0.05) is 13.8 Å². The van der Waals surface area contributed by atoms with Crippen LogP contribution in [-0.4, -0.2) is 25.1 Å². The van der Waals surface area contributed by atoms with Gasteiger partial charge in [0.2, 0.25) is 0 Å². The highest BCUT2D eigenvalue weighted by atomic mass is 15.2. The molecular formula is C16H27N3. The highest BCUT2D eigenvalue weighted by Gasteiger charge is 2.24. The normalized spacial score (nSPS) is 14.7. The van der Waals surface area contributed by atoms with Gasteiger partial charge in [-0.15, -0.1) is 0 Å². The second-order valence-corrected chi connectivity index (χ2v) is 5.60. The fraction of sp³-hybridized carbons (Fsp3) is 0.688. The average molecular weight is 261 g/mol. The third-order valence-electron chi connectivity index (χ3n) is 3.66. The molecule has 1 aromatic rings. The van der Waals surface area contributed by atoms with Crippen molar-refractivity contribution in [3.63, 3.8) is 0 Å². The molecule has 1 aliphatic carbocycles. The van der Waals surface area contributed by atoms with E-state index < -0.39 is 0 Å². The van der Waals surface area contributed by atoms with E-state index in [0.717, 1.165) is 25.4 Å². The van der Waals surface area contributed by atoms with E-state index in [1.165, 1.54) is 42.9 Å². The van der Waals surface area contributed by atoms with Gasteiger partial charge in [-0.2, -0.15) is 0 Å². The Balaban J connectivity index is 2.19. The Morgan fingerprint density at radius 2 is 2.11 bits per heavy atom. The van der Waals surface area contributed by atoms with Crippen molar-refractivity contribution in [3.05, 3.63) is 23.4 Å². The van der Waals surface area contributed by atoms with Crippen LogP contribution in [0.25, 0.3) is 0 Å². The van der Waals surface area contributed by atoms with Gasteiger partial charge in [0.05, 0.1) is 0 Å². The predicted octanol–water partition coefficient (Wildman–Crippen LogP) is 2.99. The molecule has 0 aliphatic heterocycles. The van der Waals surface area contributed by atoms with Crippen molar-refractivity contribution in [3.8, 4) is 0 Å². The topological polar surface area (TPSA) is 28.2 Å². The zero-order valence-corrected chi connectivity index (χ0v) is 12.6. The number of pyridine rings is 1. The van der Waals surface area contributed by atoms with Crippen LogP contribution in [0.1, 0.15) is 44.4 Å². The first-order chi connectivity index (χ1) is 9.26. The lowest BCUT2D eigenvalue weighted by atomic mass is 10.2. The Kier molecular flexibility index (Phi) is 5.20. The molecule has 1 fully saturated rings. The molecule has 0 aromatic carbocycles. The smallest absolute Gasteiger partial charge is 0.129 e. The molecule has 3 nitrogen and oxygen atoms in total. The summed E-state index contributed by atoms with van der Waals surface area (Å²) in [4.78, 5) is 7.31. The van der Waals surface area contributed by atoms with E-state index in [0.29, 0.717) is 0 Å². The molecule has 0 bridgehead atoms. The molecule has 0 amide bonds. The number of nitrogens with zero attached hydrogens (tertiary/aromatic N) is 2. The molecule has 1 saturated carbocycles. The fourth-order valence-electron chi connectivity index (χ4n) is 2.46. The third-order valence-corrected chi connectivity index (χ3v) is 3.66. The summed E-state index contributed by atoms with van der Waals surface area (Å²) in [6.07, 6.45) is 4.99. The number of hydrogen-bond donors (Lipinski definition) is 1. The molecule has 1 N–H and O–H groups in total. The number of anilines is 1. The van der Waals surface area contributed by atoms with Crippen LogP contribution in [0.4, 0.5) is 5.82 Å². The van der Waals surface area contributed by atoms with E-state index in [1.54, 1.807) is 0 Å². The van der Waals surface area contributed by atoms with Crippen molar-refractivity contribution < 1.29 is 0 Å². The number of aromatic nitrogens is 1. The Hall–Kier alpha value is -1.09. The maximum absolute atomic E-state index is 4.83. The maximum atomic E-state index is 4.83. The lowest BCUT2D eigenvalue weighted by Gasteiger charge is -2.24. The van der Waals surface area contributed by atoms with Crippen LogP contribution in [0, 0.1) is 5.92 Å². The monoisotopic (exact) mass is 261 g/mol. The van der Waals surface area contributed by atoms with Gasteiger partial charge in [-0.25, -0.2) is 4.98 Å². The first kappa shape index (κ1) is 14.3. The van der Waals surface area contributed by atoms with Crippen molar-refractivity contribution in [2.75, 3.05) is 25.0 Å². The largest absolute Gasteiger partial charge is 0.356 e. The van der Waals surface area contributed by atoms with Gasteiger partial charge in [-0.3, -0.25) is 0 Å². The molecule has 0 saturated heterocycles. The Morgan fingerprint density at radius 1 is 1.32 bits per heavy atom. The van der Waals surface area contributed by atoms with Crippen LogP contribution in [-0.2, 0) is 13.0 Å². The van der Waals surface area contributed by atoms with E-state index in [2.05, 4.69) is 36.2 Å². The van der Waals surface area contributed by atoms with Crippen molar-refractivity contribution in [1.82, 2.24) is 10.3 Å². The minimum Gasteiger partial charge on any atom is -0.356 e. The maximum Gasteiger partial charge on any atom is 0.129 e. The van der Waals surface area contributed by atoms with Crippen molar-refractivity contribution in [2.45, 2.75) is 46.1 Å². The van der Waals surface area contributed by atoms with E-state index in [9.17, 15) is 0 Å². The fourth-order valence-corrected chi connectivity index (χ4v) is 2.46. The summed E-state index contributed by atoms with van der Waals surface area (Å²) < 4.78 is 0. The Bertz CT molecular complexity index is 399. The molecule has 1 aromatic heterocycles. The minimum atomic E-state index is 0.909. The first-order valence-electron chi connectivity index (χ1n) is 7.66. The molecule has 1 aliphatic rings. The standard InChI is InChI=1S/C16H27N3/c1-4-8-19(12-13-6-7-13)16-10-14(11-17-3)9-15(5-2)18-16/h9-10,13,17H,4-8,11-12H2,1-3H3. The molecule has 3 heteroatoms. The van der Waals surface area contributed by atoms with Gasteiger partial charge in [-0.05, 0) is 56.3 Å².